The average molecular weight is 507 g/mol. The van der Waals surface area contributed by atoms with Crippen LogP contribution >= 0.6 is 0 Å². The Morgan fingerprint density at radius 1 is 0.375 bits per heavy atom. The van der Waals surface area contributed by atoms with Crippen molar-refractivity contribution in [1.82, 2.24) is 4.98 Å². The summed E-state index contributed by atoms with van der Waals surface area (Å²) in [5.74, 6) is 0.448. The minimum Gasteiger partial charge on any atom is -0.509 e. The van der Waals surface area contributed by atoms with Crippen LogP contribution in [0.2, 0.25) is 0 Å². The Labute approximate surface area is 245 Å². The number of benzene rings is 4. The van der Waals surface area contributed by atoms with Gasteiger partial charge in [-0.3, -0.25) is 0 Å². The number of rotatable bonds is 1. The van der Waals surface area contributed by atoms with Crippen LogP contribution in [-0.2, 0) is 0 Å². The van der Waals surface area contributed by atoms with E-state index in [1.54, 1.807) is 0 Å². The minimum absolute atomic E-state index is 0.200. The van der Waals surface area contributed by atoms with Crippen LogP contribution in [-0.4, -0.2) is 109 Å². The molecule has 0 saturated carbocycles. The second kappa shape index (κ2) is 8.68. The van der Waals surface area contributed by atoms with Crippen molar-refractivity contribution in [3.63, 3.8) is 0 Å². The van der Waals surface area contributed by atoms with Crippen LogP contribution in [0.3, 0.4) is 0 Å². The molecule has 0 aliphatic heterocycles. The molecule has 16 heteroatoms. The lowest BCUT2D eigenvalue weighted by Gasteiger charge is -2.25. The van der Waals surface area contributed by atoms with Gasteiger partial charge in [0.1, 0.15) is 111 Å². The third-order valence-corrected chi connectivity index (χ3v) is 10.4. The van der Waals surface area contributed by atoms with Crippen molar-refractivity contribution >= 4 is 203 Å². The summed E-state index contributed by atoms with van der Waals surface area (Å²) in [6, 6.07) is 0. The first kappa shape index (κ1) is 27.0. The molecule has 6 aromatic rings. The Bertz CT molecular complexity index is 2140. The standard InChI is InChI=1S/C24H27B12NO3/c25-7-1(2-8(26)13(31)15(33)14(32)9(2)27)10(28)16(34)19-3(7)4-12(30)24-6(21(38)20(4)37-19)5-11(29)17(35)22(39)18(36)23(5)40-24/h37-39H,25-36H2. The zero-order valence-corrected chi connectivity index (χ0v) is 25.8. The molecule has 0 fully saturated rings. The van der Waals surface area contributed by atoms with E-state index in [0.717, 1.165) is 43.6 Å². The number of fused-ring (bicyclic) bond motifs is 6. The fraction of sp³-hybridized carbons (Fsp3) is 0. The summed E-state index contributed by atoms with van der Waals surface area (Å²) in [6.07, 6.45) is 0. The van der Waals surface area contributed by atoms with Crippen LogP contribution in [0, 0.1) is 0 Å². The second-order valence-corrected chi connectivity index (χ2v) is 12.1. The van der Waals surface area contributed by atoms with Crippen LogP contribution in [0.4, 0.5) is 0 Å². The molecule has 40 heavy (non-hydrogen) atoms. The van der Waals surface area contributed by atoms with Crippen molar-refractivity contribution in [1.29, 1.82) is 0 Å². The first-order valence-electron chi connectivity index (χ1n) is 14.1. The van der Waals surface area contributed by atoms with E-state index in [0.29, 0.717) is 22.0 Å². The molecular weight excluding hydrogens is 480 g/mol. The molecule has 182 valence electrons. The predicted molar refractivity (Wildman–Crippen MR) is 210 cm³/mol. The van der Waals surface area contributed by atoms with Crippen molar-refractivity contribution in [2.24, 2.45) is 0 Å². The normalized spacial score (nSPS) is 11.9. The first-order valence-corrected chi connectivity index (χ1v) is 14.1. The lowest BCUT2D eigenvalue weighted by Crippen LogP contribution is -2.56. The molecule has 0 aliphatic carbocycles. The van der Waals surface area contributed by atoms with Gasteiger partial charge >= 0.3 is 0 Å². The predicted octanol–water partition coefficient (Wildman–Crippen LogP) is -14.6. The van der Waals surface area contributed by atoms with Gasteiger partial charge < -0.3 is 19.6 Å². The van der Waals surface area contributed by atoms with E-state index in [1.165, 1.54) is 54.8 Å². The molecule has 3 N–H and O–H groups in total. The van der Waals surface area contributed by atoms with Gasteiger partial charge in [0.25, 0.3) is 0 Å². The van der Waals surface area contributed by atoms with Gasteiger partial charge in [0.2, 0.25) is 0 Å². The molecule has 4 aromatic carbocycles. The number of H-pyrrole nitrogens is 1. The highest BCUT2D eigenvalue weighted by Crippen LogP contribution is 2.40. The fourth-order valence-corrected chi connectivity index (χ4v) is 7.28. The highest BCUT2D eigenvalue weighted by molar-refractivity contribution is 6.71. The van der Waals surface area contributed by atoms with Crippen molar-refractivity contribution in [2.45, 2.75) is 0 Å². The van der Waals surface area contributed by atoms with Gasteiger partial charge in [0.05, 0.1) is 10.9 Å². The zero-order chi connectivity index (χ0) is 29.3. The van der Waals surface area contributed by atoms with Crippen molar-refractivity contribution in [2.75, 3.05) is 0 Å². The number of phenolic OH excluding ortho intramolecular Hbond substituents is 2. The lowest BCUT2D eigenvalue weighted by atomic mass is 9.57. The maximum atomic E-state index is 11.9. The Morgan fingerprint density at radius 3 is 1.45 bits per heavy atom. The number of nitrogens with one attached hydrogen (secondary N) is 1. The number of aromatic nitrogens is 1. The summed E-state index contributed by atoms with van der Waals surface area (Å²) in [7, 11) is 25.6. The summed E-state index contributed by atoms with van der Waals surface area (Å²) < 4.78 is 6.50. The molecule has 2 heterocycles. The number of hydrogen-bond acceptors (Lipinski definition) is 3. The quantitative estimate of drug-likeness (QED) is 0.194. The van der Waals surface area contributed by atoms with Gasteiger partial charge in [-0.1, -0.05) is 38.2 Å². The molecule has 0 atom stereocenters. The van der Waals surface area contributed by atoms with E-state index < -0.39 is 0 Å². The van der Waals surface area contributed by atoms with Crippen LogP contribution in [0.25, 0.3) is 54.9 Å². The van der Waals surface area contributed by atoms with Crippen molar-refractivity contribution in [3.8, 4) is 22.6 Å². The number of hydrogen-bond donors (Lipinski definition) is 3. The van der Waals surface area contributed by atoms with Gasteiger partial charge in [0.15, 0.2) is 5.75 Å². The van der Waals surface area contributed by atoms with Gasteiger partial charge in [-0.15, -0.1) is 16.4 Å². The molecule has 6 rings (SSSR count). The molecule has 0 amide bonds. The average Bonchev–Trinajstić information content (AvgIpc) is 3.53. The zero-order valence-electron chi connectivity index (χ0n) is 25.8. The van der Waals surface area contributed by atoms with Gasteiger partial charge in [-0.05, 0) is 22.1 Å². The van der Waals surface area contributed by atoms with E-state index in [4.69, 9.17) is 4.42 Å². The van der Waals surface area contributed by atoms with E-state index in [2.05, 4.69) is 75.6 Å². The van der Waals surface area contributed by atoms with E-state index in [1.807, 2.05) is 23.5 Å². The Morgan fingerprint density at radius 2 is 0.850 bits per heavy atom. The van der Waals surface area contributed by atoms with Gasteiger partial charge in [0, 0.05) is 21.7 Å². The minimum atomic E-state index is 0.200. The number of phenols is 2. The first-order chi connectivity index (χ1) is 18.7. The molecular formula is C24H27B12NO3. The van der Waals surface area contributed by atoms with Crippen LogP contribution in [0.5, 0.6) is 11.5 Å². The number of aromatic hydroxyl groups is 2. The molecule has 0 radical (unpaired) electrons. The highest BCUT2D eigenvalue weighted by Gasteiger charge is 2.27. The van der Waals surface area contributed by atoms with E-state index >= 15 is 0 Å². The largest absolute Gasteiger partial charge is 0.509 e. The van der Waals surface area contributed by atoms with Gasteiger partial charge in [-0.25, -0.2) is 0 Å². The monoisotopic (exact) mass is 509 g/mol. The van der Waals surface area contributed by atoms with E-state index in [-0.39, 0.29) is 11.5 Å². The molecule has 0 bridgehead atoms. The van der Waals surface area contributed by atoms with Gasteiger partial charge in [-0.2, -0.15) is 0 Å². The smallest absolute Gasteiger partial charge is 0.151 e. The maximum Gasteiger partial charge on any atom is 0.151 e. The topological polar surface area (TPSA) is 69.4 Å². The molecule has 0 saturated heterocycles. The molecule has 4 nitrogen and oxygen atoms in total. The van der Waals surface area contributed by atoms with Crippen LogP contribution in [0.1, 0.15) is 0 Å². The highest BCUT2D eigenvalue weighted by atomic mass is 16.3. The Kier molecular flexibility index (Phi) is 5.87. The third-order valence-electron chi connectivity index (χ3n) is 10.4. The fourth-order valence-electron chi connectivity index (χ4n) is 7.28. The van der Waals surface area contributed by atoms with Crippen molar-refractivity contribution in [3.05, 3.63) is 0 Å². The number of aromatic amines is 1. The number of furan rings is 1. The Balaban J connectivity index is 1.86. The SMILES string of the molecule is Bc1c(B)c(B)c(-c2c(B)c(B)c3[nH]c4c(O)c5c(oc6c(B)c(O)c(B)c(B)c65)c(B)c4c3c2B)c(B)c1B. The summed E-state index contributed by atoms with van der Waals surface area (Å²) in [4.78, 5) is 3.64. The maximum absolute atomic E-state index is 11.9. The second-order valence-electron chi connectivity index (χ2n) is 12.1. The summed E-state index contributed by atoms with van der Waals surface area (Å²) in [5.41, 5.74) is 19.5. The molecule has 0 spiro atoms. The third kappa shape index (κ3) is 3.14. The summed E-state index contributed by atoms with van der Waals surface area (Å²) in [5, 5.41) is 26.3. The van der Waals surface area contributed by atoms with Crippen molar-refractivity contribution < 1.29 is 14.6 Å². The molecule has 0 aliphatic rings. The lowest BCUT2D eigenvalue weighted by molar-refractivity contribution is 0.484. The van der Waals surface area contributed by atoms with Crippen LogP contribution in [0.15, 0.2) is 4.42 Å². The molecule has 0 unspecified atom stereocenters. The summed E-state index contributed by atoms with van der Waals surface area (Å²) >= 11 is 0. The van der Waals surface area contributed by atoms with E-state index in [9.17, 15) is 10.2 Å². The van der Waals surface area contributed by atoms with Crippen LogP contribution < -0.4 is 65.6 Å². The summed E-state index contributed by atoms with van der Waals surface area (Å²) in [6.45, 7) is 0. The molecule has 2 aromatic heterocycles. The Hall–Kier alpha value is -3.14.